The number of ketones is 1. The molecule has 2 aromatic rings. The van der Waals surface area contributed by atoms with E-state index in [1.807, 2.05) is 6.92 Å². The van der Waals surface area contributed by atoms with Crippen molar-refractivity contribution in [1.82, 2.24) is 5.32 Å². The average Bonchev–Trinajstić information content (AvgIpc) is 2.83. The summed E-state index contributed by atoms with van der Waals surface area (Å²) >= 11 is 6.33. The first kappa shape index (κ1) is 31.1. The summed E-state index contributed by atoms with van der Waals surface area (Å²) in [4.78, 5) is 60.0. The number of hydrogen-bond acceptors (Lipinski definition) is 8. The summed E-state index contributed by atoms with van der Waals surface area (Å²) in [6.07, 6.45) is -0.587. The van der Waals surface area contributed by atoms with Gasteiger partial charge < -0.3 is 14.5 Å². The van der Waals surface area contributed by atoms with E-state index < -0.39 is 31.1 Å². The smallest absolute Gasteiger partial charge is 0.345 e. The third-order valence-corrected chi connectivity index (χ3v) is 12.4. The molecule has 3 rings (SSSR count). The third kappa shape index (κ3) is 7.21. The number of rotatable bonds is 10. The zero-order valence-electron chi connectivity index (χ0n) is 23.3. The maximum Gasteiger partial charge on any atom is 0.345 e. The Kier molecular flexibility index (Phi) is 9.33. The molecule has 0 unspecified atom stereocenters. The molecule has 0 spiro atoms. The van der Waals surface area contributed by atoms with E-state index in [1.165, 1.54) is 30.3 Å². The fraction of sp³-hybridized carbons (Fsp3) is 0.429. The molecule has 40 heavy (non-hydrogen) atoms. The zero-order chi connectivity index (χ0) is 30.0. The predicted molar refractivity (Wildman–Crippen MR) is 151 cm³/mol. The van der Waals surface area contributed by atoms with E-state index in [0.29, 0.717) is 11.1 Å². The standard InChI is InChI=1S/C28H33ClN2O8Si/c1-16(39-40(5,6)28(2,3)4)25-22(30-26(25)34)15-23(32)19-8-7-18(21(29)13-19)14-24(33)38-27(35)17-9-11-20(12-10-17)31(36)37/h7-13,16,22,25H,14-15H2,1-6H3,(H,30,34)/t16-,22+,25+/m0/s1. The number of Topliss-reactive ketones (excluding diaryl/α,β-unsaturated/α-hetero) is 1. The molecule has 0 bridgehead atoms. The minimum absolute atomic E-state index is 0.0172. The molecule has 214 valence electrons. The molecule has 1 heterocycles. The second-order valence-electron chi connectivity index (χ2n) is 11.4. The molecule has 12 heteroatoms. The molecule has 1 saturated heterocycles. The highest BCUT2D eigenvalue weighted by Gasteiger charge is 2.47. The molecule has 1 N–H and O–H groups in total. The van der Waals surface area contributed by atoms with Crippen molar-refractivity contribution in [3.8, 4) is 0 Å². The molecule has 0 aliphatic carbocycles. The highest BCUT2D eigenvalue weighted by atomic mass is 35.5. The molecule has 1 fully saturated rings. The average molecular weight is 589 g/mol. The number of benzene rings is 2. The lowest BCUT2D eigenvalue weighted by molar-refractivity contribution is -0.384. The quantitative estimate of drug-likeness (QED) is 0.0752. The van der Waals surface area contributed by atoms with Gasteiger partial charge in [0.25, 0.3) is 5.69 Å². The van der Waals surface area contributed by atoms with Crippen molar-refractivity contribution in [3.63, 3.8) is 0 Å². The van der Waals surface area contributed by atoms with Gasteiger partial charge in [-0.1, -0.05) is 44.5 Å². The molecule has 0 radical (unpaired) electrons. The van der Waals surface area contributed by atoms with Crippen LogP contribution in [-0.2, 0) is 25.2 Å². The second kappa shape index (κ2) is 12.0. The largest absolute Gasteiger partial charge is 0.413 e. The number of nitro groups is 1. The first-order valence-corrected chi connectivity index (χ1v) is 16.1. The maximum absolute atomic E-state index is 13.0. The van der Waals surface area contributed by atoms with Gasteiger partial charge in [-0.05, 0) is 48.8 Å². The van der Waals surface area contributed by atoms with E-state index in [4.69, 9.17) is 20.8 Å². The number of nitrogens with one attached hydrogen (secondary N) is 1. The van der Waals surface area contributed by atoms with Crippen molar-refractivity contribution in [3.05, 3.63) is 74.3 Å². The molecular weight excluding hydrogens is 556 g/mol. The van der Waals surface area contributed by atoms with Crippen LogP contribution in [0.1, 0.15) is 60.4 Å². The van der Waals surface area contributed by atoms with Gasteiger partial charge >= 0.3 is 11.9 Å². The van der Waals surface area contributed by atoms with Crippen LogP contribution in [0.25, 0.3) is 0 Å². The van der Waals surface area contributed by atoms with Crippen molar-refractivity contribution < 1.29 is 33.3 Å². The SMILES string of the molecule is C[C@H](O[Si](C)(C)C(C)(C)C)[C@H]1C(=O)N[C@@H]1CC(=O)c1ccc(CC(=O)OC(=O)c2ccc([N+](=O)[O-])cc2)c(Cl)c1. The van der Waals surface area contributed by atoms with Crippen molar-refractivity contribution in [2.24, 2.45) is 5.92 Å². The molecule has 0 saturated carbocycles. The molecule has 0 aromatic heterocycles. The van der Waals surface area contributed by atoms with Crippen LogP contribution in [0.3, 0.4) is 0 Å². The van der Waals surface area contributed by atoms with Gasteiger partial charge in [0.1, 0.15) is 0 Å². The number of carbonyl (C=O) groups excluding carboxylic acids is 4. The number of esters is 2. The Labute approximate surface area is 238 Å². The summed E-state index contributed by atoms with van der Waals surface area (Å²) < 4.78 is 11.2. The van der Waals surface area contributed by atoms with Gasteiger partial charge in [-0.2, -0.15) is 0 Å². The van der Waals surface area contributed by atoms with E-state index >= 15 is 0 Å². The number of nitrogens with zero attached hydrogens (tertiary/aromatic N) is 1. The number of nitro benzene ring substituents is 1. The topological polar surface area (TPSA) is 142 Å². The van der Waals surface area contributed by atoms with E-state index in [2.05, 4.69) is 39.2 Å². The normalized spacial score (nSPS) is 17.8. The molecule has 1 aliphatic heterocycles. The second-order valence-corrected chi connectivity index (χ2v) is 16.6. The Morgan fingerprint density at radius 1 is 1.10 bits per heavy atom. The lowest BCUT2D eigenvalue weighted by Gasteiger charge is -2.45. The first-order valence-electron chi connectivity index (χ1n) is 12.8. The van der Waals surface area contributed by atoms with Gasteiger partial charge in [-0.25, -0.2) is 4.79 Å². The Bertz CT molecular complexity index is 1340. The van der Waals surface area contributed by atoms with Crippen molar-refractivity contribution in [2.45, 2.75) is 70.8 Å². The summed E-state index contributed by atoms with van der Waals surface area (Å²) in [5.74, 6) is -2.62. The lowest BCUT2D eigenvalue weighted by Crippen LogP contribution is -2.64. The fourth-order valence-corrected chi connectivity index (χ4v) is 5.82. The van der Waals surface area contributed by atoms with Crippen molar-refractivity contribution >= 4 is 49.2 Å². The van der Waals surface area contributed by atoms with Crippen LogP contribution in [0.15, 0.2) is 42.5 Å². The van der Waals surface area contributed by atoms with Gasteiger partial charge in [0.15, 0.2) is 14.1 Å². The minimum atomic E-state index is -2.11. The molecular formula is C28H33ClN2O8Si. The van der Waals surface area contributed by atoms with Gasteiger partial charge in [0, 0.05) is 29.1 Å². The third-order valence-electron chi connectivity index (χ3n) is 7.49. The van der Waals surface area contributed by atoms with Gasteiger partial charge in [0.05, 0.1) is 35.0 Å². The number of amides is 1. The highest BCUT2D eigenvalue weighted by molar-refractivity contribution is 6.74. The monoisotopic (exact) mass is 588 g/mol. The van der Waals surface area contributed by atoms with Crippen LogP contribution < -0.4 is 5.32 Å². The zero-order valence-corrected chi connectivity index (χ0v) is 25.0. The van der Waals surface area contributed by atoms with Crippen LogP contribution in [-0.4, -0.2) is 49.0 Å². The number of ether oxygens (including phenoxy) is 1. The Morgan fingerprint density at radius 3 is 2.23 bits per heavy atom. The van der Waals surface area contributed by atoms with E-state index in [-0.39, 0.29) is 58.0 Å². The molecule has 10 nitrogen and oxygen atoms in total. The van der Waals surface area contributed by atoms with Crippen LogP contribution in [0.2, 0.25) is 23.2 Å². The van der Waals surface area contributed by atoms with Gasteiger partial charge in [0.2, 0.25) is 5.91 Å². The fourth-order valence-electron chi connectivity index (χ4n) is 4.14. The van der Waals surface area contributed by atoms with Crippen LogP contribution in [0.5, 0.6) is 0 Å². The first-order chi connectivity index (χ1) is 18.5. The number of hydrogen-bond donors (Lipinski definition) is 1. The van der Waals surface area contributed by atoms with Crippen LogP contribution >= 0.6 is 11.6 Å². The molecule has 3 atom stereocenters. The summed E-state index contributed by atoms with van der Waals surface area (Å²) in [7, 11) is -2.11. The lowest BCUT2D eigenvalue weighted by atomic mass is 9.82. The minimum Gasteiger partial charge on any atom is -0.413 e. The highest BCUT2D eigenvalue weighted by Crippen LogP contribution is 2.39. The van der Waals surface area contributed by atoms with Crippen molar-refractivity contribution in [2.75, 3.05) is 0 Å². The predicted octanol–water partition coefficient (Wildman–Crippen LogP) is 5.27. The number of non-ortho nitro benzene ring substituents is 1. The van der Waals surface area contributed by atoms with Gasteiger partial charge in [-0.15, -0.1) is 0 Å². The van der Waals surface area contributed by atoms with Crippen LogP contribution in [0.4, 0.5) is 5.69 Å². The van der Waals surface area contributed by atoms with E-state index in [1.54, 1.807) is 0 Å². The summed E-state index contributed by atoms with van der Waals surface area (Å²) in [6.45, 7) is 12.5. The Morgan fingerprint density at radius 2 is 1.70 bits per heavy atom. The number of halogens is 1. The molecule has 1 amide bonds. The van der Waals surface area contributed by atoms with Crippen molar-refractivity contribution in [1.29, 1.82) is 0 Å². The number of β-lactam (4-membered cyclic amide) rings is 1. The summed E-state index contributed by atoms with van der Waals surface area (Å²) in [5, 5.41) is 13.7. The molecule has 2 aromatic carbocycles. The maximum atomic E-state index is 13.0. The van der Waals surface area contributed by atoms with Crippen LogP contribution in [0, 0.1) is 16.0 Å². The molecule has 1 aliphatic rings. The number of carbonyl (C=O) groups is 4. The summed E-state index contributed by atoms with van der Waals surface area (Å²) in [6, 6.07) is 8.76. The van der Waals surface area contributed by atoms with E-state index in [0.717, 1.165) is 12.1 Å². The van der Waals surface area contributed by atoms with Gasteiger partial charge in [-0.3, -0.25) is 24.5 Å². The Balaban J connectivity index is 1.59. The summed E-state index contributed by atoms with van der Waals surface area (Å²) in [5.41, 5.74) is 0.456. The Hall–Kier alpha value is -3.41. The van der Waals surface area contributed by atoms with E-state index in [9.17, 15) is 29.3 Å².